The molecule has 1 aromatic heterocycles. The Labute approximate surface area is 177 Å². The molecule has 2 amide bonds. The van der Waals surface area contributed by atoms with Crippen molar-refractivity contribution in [1.82, 2.24) is 14.8 Å². The van der Waals surface area contributed by atoms with Crippen LogP contribution in [0.25, 0.3) is 0 Å². The summed E-state index contributed by atoms with van der Waals surface area (Å²) >= 11 is 0. The van der Waals surface area contributed by atoms with Crippen LogP contribution >= 0.6 is 0 Å². The van der Waals surface area contributed by atoms with E-state index < -0.39 is 0 Å². The monoisotopic (exact) mass is 411 g/mol. The van der Waals surface area contributed by atoms with Gasteiger partial charge in [0.15, 0.2) is 18.2 Å². The van der Waals surface area contributed by atoms with E-state index in [9.17, 15) is 9.59 Å². The summed E-state index contributed by atoms with van der Waals surface area (Å²) in [5, 5.41) is 0. The molecule has 0 spiro atoms. The number of aryl methyl sites for hydroxylation is 2. The van der Waals surface area contributed by atoms with Crippen molar-refractivity contribution in [2.75, 3.05) is 20.2 Å². The summed E-state index contributed by atoms with van der Waals surface area (Å²) in [6.07, 6.45) is 6.89. The van der Waals surface area contributed by atoms with Crippen LogP contribution in [0, 0.1) is 6.92 Å². The number of amides is 2. The number of likely N-dealkylation sites (tertiary alicyclic amines) is 1. The van der Waals surface area contributed by atoms with Gasteiger partial charge in [-0.3, -0.25) is 9.59 Å². The van der Waals surface area contributed by atoms with Gasteiger partial charge in [0.25, 0.3) is 11.8 Å². The molecule has 0 N–H and O–H groups in total. The van der Waals surface area contributed by atoms with Gasteiger partial charge < -0.3 is 19.0 Å². The second-order valence-electron chi connectivity index (χ2n) is 8.17. The zero-order chi connectivity index (χ0) is 21.1. The van der Waals surface area contributed by atoms with Gasteiger partial charge in [0, 0.05) is 20.5 Å². The Morgan fingerprint density at radius 3 is 2.73 bits per heavy atom. The number of hydrogen-bond acceptors (Lipinski definition) is 5. The fraction of sp³-hybridized carbons (Fsp3) is 0.522. The number of likely N-dealkylation sites (N-methyl/N-ethyl adjacent to an activating group) is 1. The second-order valence-corrected chi connectivity index (χ2v) is 8.17. The molecule has 0 unspecified atom stereocenters. The number of para-hydroxylation sites is 1. The number of fused-ring (bicyclic) bond motifs is 2. The van der Waals surface area contributed by atoms with Gasteiger partial charge in [-0.05, 0) is 43.7 Å². The van der Waals surface area contributed by atoms with Crippen molar-refractivity contribution in [3.63, 3.8) is 0 Å². The minimum atomic E-state index is -0.115. The van der Waals surface area contributed by atoms with Crippen molar-refractivity contribution in [2.24, 2.45) is 0 Å². The molecule has 1 fully saturated rings. The van der Waals surface area contributed by atoms with Crippen molar-refractivity contribution >= 4 is 11.8 Å². The molecule has 0 aliphatic carbocycles. The third kappa shape index (κ3) is 4.20. The topological polar surface area (TPSA) is 75.9 Å². The number of carbonyl (C=O) groups excluding carboxylic acids is 2. The van der Waals surface area contributed by atoms with Gasteiger partial charge in [0.2, 0.25) is 0 Å². The second kappa shape index (κ2) is 8.90. The third-order valence-electron chi connectivity index (χ3n) is 6.25. The van der Waals surface area contributed by atoms with Gasteiger partial charge >= 0.3 is 0 Å². The van der Waals surface area contributed by atoms with Crippen LogP contribution < -0.4 is 4.74 Å². The first-order valence-electron chi connectivity index (χ1n) is 10.7. The molecule has 0 saturated carbocycles. The van der Waals surface area contributed by atoms with Crippen LogP contribution in [-0.2, 0) is 11.2 Å². The summed E-state index contributed by atoms with van der Waals surface area (Å²) in [5.41, 5.74) is 1.46. The lowest BCUT2D eigenvalue weighted by Crippen LogP contribution is -2.58. The Morgan fingerprint density at radius 1 is 1.13 bits per heavy atom. The molecule has 4 rings (SSSR count). The van der Waals surface area contributed by atoms with Gasteiger partial charge in [0.05, 0.1) is 12.1 Å². The van der Waals surface area contributed by atoms with E-state index in [1.165, 1.54) is 6.26 Å². The van der Waals surface area contributed by atoms with E-state index >= 15 is 0 Å². The first-order valence-corrected chi connectivity index (χ1v) is 10.7. The average molecular weight is 412 g/mol. The van der Waals surface area contributed by atoms with Crippen LogP contribution in [-0.4, -0.2) is 58.9 Å². The largest absolute Gasteiger partial charge is 0.483 e. The Bertz CT molecular complexity index is 909. The predicted molar refractivity (Wildman–Crippen MR) is 111 cm³/mol. The minimum Gasteiger partial charge on any atom is -0.483 e. The summed E-state index contributed by atoms with van der Waals surface area (Å²) in [6.45, 7) is 2.41. The fourth-order valence-corrected chi connectivity index (χ4v) is 4.64. The average Bonchev–Trinajstić information content (AvgIpc) is 3.20. The van der Waals surface area contributed by atoms with Gasteiger partial charge in [-0.2, -0.15) is 0 Å². The summed E-state index contributed by atoms with van der Waals surface area (Å²) in [6, 6.07) is 7.86. The lowest BCUT2D eigenvalue weighted by atomic mass is 9.89. The summed E-state index contributed by atoms with van der Waals surface area (Å²) in [7, 11) is 1.83. The first-order chi connectivity index (χ1) is 14.5. The lowest BCUT2D eigenvalue weighted by Gasteiger charge is -2.45. The Hall–Kier alpha value is -2.83. The molecule has 30 heavy (non-hydrogen) atoms. The maximum absolute atomic E-state index is 13.2. The number of nitrogens with zero attached hydrogens (tertiary/aromatic N) is 3. The number of piperidine rings is 1. The smallest absolute Gasteiger partial charge is 0.276 e. The van der Waals surface area contributed by atoms with Gasteiger partial charge in [0.1, 0.15) is 12.0 Å². The molecule has 160 valence electrons. The molecular formula is C23H29N3O4. The number of carbonyl (C=O) groups is 2. The predicted octanol–water partition coefficient (Wildman–Crippen LogP) is 3.22. The summed E-state index contributed by atoms with van der Waals surface area (Å²) in [5.74, 6) is 1.09. The third-order valence-corrected chi connectivity index (χ3v) is 6.25. The Kier molecular flexibility index (Phi) is 6.06. The summed E-state index contributed by atoms with van der Waals surface area (Å²) < 4.78 is 11.1. The van der Waals surface area contributed by atoms with Crippen LogP contribution in [0.2, 0.25) is 0 Å². The van der Waals surface area contributed by atoms with Crippen molar-refractivity contribution in [2.45, 2.75) is 57.5 Å². The number of rotatable bonds is 1. The SMILES string of the molecule is Cc1nc(C(=O)N2CCC[C@@H]3[C@H]2CCCCc2ccccc2OCC(=O)N3C)co1. The van der Waals surface area contributed by atoms with Crippen LogP contribution in [0.1, 0.15) is 54.0 Å². The minimum absolute atomic E-state index is 0.00710. The summed E-state index contributed by atoms with van der Waals surface area (Å²) in [4.78, 5) is 34.0. The molecule has 1 aromatic carbocycles. The van der Waals surface area contributed by atoms with Crippen LogP contribution in [0.15, 0.2) is 34.9 Å². The molecule has 3 heterocycles. The first kappa shape index (κ1) is 20.4. The van der Waals surface area contributed by atoms with Crippen molar-refractivity contribution in [1.29, 1.82) is 0 Å². The van der Waals surface area contributed by atoms with E-state index in [0.717, 1.165) is 49.8 Å². The Morgan fingerprint density at radius 2 is 1.93 bits per heavy atom. The maximum Gasteiger partial charge on any atom is 0.276 e. The molecule has 0 radical (unpaired) electrons. The molecule has 2 aliphatic heterocycles. The molecule has 2 aliphatic rings. The molecule has 7 nitrogen and oxygen atoms in total. The van der Waals surface area contributed by atoms with Crippen molar-refractivity contribution in [3.8, 4) is 5.75 Å². The van der Waals surface area contributed by atoms with Gasteiger partial charge in [-0.25, -0.2) is 4.98 Å². The highest BCUT2D eigenvalue weighted by atomic mass is 16.5. The highest BCUT2D eigenvalue weighted by Gasteiger charge is 2.38. The number of ether oxygens (including phenoxy) is 1. The number of oxazole rings is 1. The van der Waals surface area contributed by atoms with E-state index in [1.54, 1.807) is 11.8 Å². The zero-order valence-corrected chi connectivity index (χ0v) is 17.7. The molecule has 0 bridgehead atoms. The van der Waals surface area contributed by atoms with Gasteiger partial charge in [-0.15, -0.1) is 0 Å². The van der Waals surface area contributed by atoms with E-state index in [2.05, 4.69) is 11.1 Å². The van der Waals surface area contributed by atoms with E-state index in [0.29, 0.717) is 18.1 Å². The highest BCUT2D eigenvalue weighted by Crippen LogP contribution is 2.29. The van der Waals surface area contributed by atoms with Crippen LogP contribution in [0.4, 0.5) is 0 Å². The fourth-order valence-electron chi connectivity index (χ4n) is 4.64. The molecular weight excluding hydrogens is 382 g/mol. The standard InChI is InChI=1S/C23H29N3O4/c1-16-24-18(14-29-16)23(28)26-13-7-11-19-20(26)10-5-3-8-17-9-4-6-12-21(17)30-15-22(27)25(19)2/h4,6,9,12,14,19-20H,3,5,7-8,10-11,13,15H2,1-2H3/t19-,20-/m1/s1. The molecule has 2 aromatic rings. The quantitative estimate of drug-likeness (QED) is 0.720. The normalized spacial score (nSPS) is 22.9. The van der Waals surface area contributed by atoms with E-state index in [-0.39, 0.29) is 30.5 Å². The highest BCUT2D eigenvalue weighted by molar-refractivity contribution is 5.92. The van der Waals surface area contributed by atoms with E-state index in [1.807, 2.05) is 30.1 Å². The zero-order valence-electron chi connectivity index (χ0n) is 17.7. The van der Waals surface area contributed by atoms with Crippen molar-refractivity contribution in [3.05, 3.63) is 47.7 Å². The number of aromatic nitrogens is 1. The van der Waals surface area contributed by atoms with Crippen LogP contribution in [0.3, 0.4) is 0 Å². The van der Waals surface area contributed by atoms with Crippen LogP contribution in [0.5, 0.6) is 5.75 Å². The van der Waals surface area contributed by atoms with E-state index in [4.69, 9.17) is 9.15 Å². The maximum atomic E-state index is 13.2. The number of hydrogen-bond donors (Lipinski definition) is 0. The van der Waals surface area contributed by atoms with Crippen molar-refractivity contribution < 1.29 is 18.7 Å². The molecule has 1 saturated heterocycles. The Balaban J connectivity index is 1.58. The molecule has 7 heteroatoms. The number of benzene rings is 1. The van der Waals surface area contributed by atoms with Gasteiger partial charge in [-0.1, -0.05) is 24.6 Å². The lowest BCUT2D eigenvalue weighted by molar-refractivity contribution is -0.136. The molecule has 2 atom stereocenters.